The molecule has 2 N–H and O–H groups in total. The minimum atomic E-state index is -0.899. The molecule has 0 bridgehead atoms. The number of amides is 2. The minimum Gasteiger partial charge on any atom is -0.480 e. The fourth-order valence-corrected chi connectivity index (χ4v) is 3.76. The number of urea groups is 1. The van der Waals surface area contributed by atoms with Gasteiger partial charge in [-0.05, 0) is 37.5 Å². The predicted molar refractivity (Wildman–Crippen MR) is 81.1 cm³/mol. The molecule has 2 saturated carbocycles. The number of carbonyl (C=O) groups is 2. The molecule has 2 amide bonds. The smallest absolute Gasteiger partial charge is 0.326 e. The predicted octanol–water partition coefficient (Wildman–Crippen LogP) is 2.85. The first-order valence-corrected chi connectivity index (χ1v) is 8.32. The van der Waals surface area contributed by atoms with Gasteiger partial charge in [-0.25, -0.2) is 9.59 Å². The van der Waals surface area contributed by atoms with Crippen molar-refractivity contribution in [2.45, 2.75) is 63.8 Å². The summed E-state index contributed by atoms with van der Waals surface area (Å²) in [5.74, 6) is -0.233. The standard InChI is InChI=1S/C16H28N2O3/c1-18(11-12-7-5-6-8-12)16(21)17-14(15(19)20)13-9-3-2-4-10-13/h12-14H,2-11H2,1H3,(H,17,21)(H,19,20). The van der Waals surface area contributed by atoms with Crippen LogP contribution in [0.3, 0.4) is 0 Å². The summed E-state index contributed by atoms with van der Waals surface area (Å²) in [5, 5.41) is 12.2. The van der Waals surface area contributed by atoms with Crippen molar-refractivity contribution in [1.82, 2.24) is 10.2 Å². The monoisotopic (exact) mass is 296 g/mol. The summed E-state index contributed by atoms with van der Waals surface area (Å²) >= 11 is 0. The summed E-state index contributed by atoms with van der Waals surface area (Å²) in [6.45, 7) is 0.739. The fraction of sp³-hybridized carbons (Fsp3) is 0.875. The van der Waals surface area contributed by atoms with Crippen LogP contribution in [0.4, 0.5) is 4.79 Å². The number of nitrogens with zero attached hydrogens (tertiary/aromatic N) is 1. The van der Waals surface area contributed by atoms with Crippen LogP contribution in [0, 0.1) is 11.8 Å². The van der Waals surface area contributed by atoms with Gasteiger partial charge < -0.3 is 15.3 Å². The second-order valence-corrected chi connectivity index (χ2v) is 6.69. The highest BCUT2D eigenvalue weighted by atomic mass is 16.4. The summed E-state index contributed by atoms with van der Waals surface area (Å²) in [6, 6.07) is -0.969. The largest absolute Gasteiger partial charge is 0.480 e. The average Bonchev–Trinajstić information content (AvgIpc) is 2.98. The molecule has 21 heavy (non-hydrogen) atoms. The van der Waals surface area contributed by atoms with E-state index in [1.54, 1.807) is 11.9 Å². The molecule has 0 aromatic heterocycles. The Morgan fingerprint density at radius 1 is 1.10 bits per heavy atom. The molecular weight excluding hydrogens is 268 g/mol. The Morgan fingerprint density at radius 3 is 2.24 bits per heavy atom. The van der Waals surface area contributed by atoms with Crippen molar-refractivity contribution in [3.63, 3.8) is 0 Å². The first-order valence-electron chi connectivity index (χ1n) is 8.32. The van der Waals surface area contributed by atoms with E-state index in [9.17, 15) is 14.7 Å². The molecule has 1 unspecified atom stereocenters. The normalized spacial score (nSPS) is 22.0. The Bertz CT molecular complexity index is 361. The SMILES string of the molecule is CN(CC1CCCC1)C(=O)NC(C(=O)O)C1CCCCC1. The van der Waals surface area contributed by atoms with Crippen LogP contribution < -0.4 is 5.32 Å². The Balaban J connectivity index is 1.86. The maximum absolute atomic E-state index is 12.2. The summed E-state index contributed by atoms with van der Waals surface area (Å²) in [4.78, 5) is 25.4. The van der Waals surface area contributed by atoms with Gasteiger partial charge in [0.15, 0.2) is 0 Å². The van der Waals surface area contributed by atoms with Crippen molar-refractivity contribution in [1.29, 1.82) is 0 Å². The molecular formula is C16H28N2O3. The molecule has 0 spiro atoms. The molecule has 5 nitrogen and oxygen atoms in total. The zero-order valence-electron chi connectivity index (χ0n) is 13.0. The zero-order chi connectivity index (χ0) is 15.2. The van der Waals surface area contributed by atoms with Crippen molar-refractivity contribution in [3.8, 4) is 0 Å². The van der Waals surface area contributed by atoms with Gasteiger partial charge in [-0.15, -0.1) is 0 Å². The van der Waals surface area contributed by atoms with Gasteiger partial charge in [0, 0.05) is 13.6 Å². The van der Waals surface area contributed by atoms with Crippen molar-refractivity contribution in [2.75, 3.05) is 13.6 Å². The number of rotatable bonds is 5. The summed E-state index contributed by atoms with van der Waals surface area (Å²) < 4.78 is 0. The van der Waals surface area contributed by atoms with Crippen LogP contribution >= 0.6 is 0 Å². The number of hydrogen-bond donors (Lipinski definition) is 2. The molecule has 0 aliphatic heterocycles. The summed E-state index contributed by atoms with van der Waals surface area (Å²) in [5.41, 5.74) is 0. The van der Waals surface area contributed by atoms with Crippen LogP contribution in [0.1, 0.15) is 57.8 Å². The third-order valence-electron chi connectivity index (χ3n) is 5.02. The van der Waals surface area contributed by atoms with E-state index in [0.29, 0.717) is 5.92 Å². The lowest BCUT2D eigenvalue weighted by molar-refractivity contribution is -0.141. The van der Waals surface area contributed by atoms with Gasteiger partial charge in [-0.1, -0.05) is 32.1 Å². The zero-order valence-corrected chi connectivity index (χ0v) is 13.0. The first-order chi connectivity index (χ1) is 10.1. The summed E-state index contributed by atoms with van der Waals surface area (Å²) in [7, 11) is 1.77. The van der Waals surface area contributed by atoms with Crippen LogP contribution in [0.25, 0.3) is 0 Å². The molecule has 0 aromatic rings. The van der Waals surface area contributed by atoms with Crippen molar-refractivity contribution >= 4 is 12.0 Å². The molecule has 2 rings (SSSR count). The van der Waals surface area contributed by atoms with E-state index in [0.717, 1.165) is 32.2 Å². The van der Waals surface area contributed by atoms with Crippen LogP contribution in [-0.2, 0) is 4.79 Å². The fourth-order valence-electron chi connectivity index (χ4n) is 3.76. The molecule has 0 heterocycles. The van der Waals surface area contributed by atoms with E-state index in [1.165, 1.54) is 32.1 Å². The van der Waals surface area contributed by atoms with Crippen molar-refractivity contribution in [2.24, 2.45) is 11.8 Å². The first kappa shape index (κ1) is 16.1. The van der Waals surface area contributed by atoms with E-state index in [2.05, 4.69) is 5.32 Å². The summed E-state index contributed by atoms with van der Waals surface area (Å²) in [6.07, 6.45) is 10.0. The molecule has 0 aromatic carbocycles. The number of hydrogen-bond acceptors (Lipinski definition) is 2. The van der Waals surface area contributed by atoms with Gasteiger partial charge in [0.25, 0.3) is 0 Å². The highest BCUT2D eigenvalue weighted by molar-refractivity contribution is 5.82. The van der Waals surface area contributed by atoms with Gasteiger partial charge in [-0.3, -0.25) is 0 Å². The molecule has 0 saturated heterocycles. The molecule has 5 heteroatoms. The second kappa shape index (κ2) is 7.66. The lowest BCUT2D eigenvalue weighted by atomic mass is 9.84. The van der Waals surface area contributed by atoms with Gasteiger partial charge in [-0.2, -0.15) is 0 Å². The van der Waals surface area contributed by atoms with Gasteiger partial charge in [0.1, 0.15) is 6.04 Å². The number of nitrogens with one attached hydrogen (secondary N) is 1. The Morgan fingerprint density at radius 2 is 1.67 bits per heavy atom. The number of carbonyl (C=O) groups excluding carboxylic acids is 1. The average molecular weight is 296 g/mol. The van der Waals surface area contributed by atoms with Crippen molar-refractivity contribution in [3.05, 3.63) is 0 Å². The number of carboxylic acids is 1. The molecule has 2 aliphatic carbocycles. The Labute approximate surface area is 127 Å². The number of carboxylic acid groups (broad SMARTS) is 1. The van der Waals surface area contributed by atoms with Gasteiger partial charge in [0.2, 0.25) is 0 Å². The van der Waals surface area contributed by atoms with E-state index in [-0.39, 0.29) is 11.9 Å². The molecule has 2 aliphatic rings. The Hall–Kier alpha value is -1.26. The maximum Gasteiger partial charge on any atom is 0.326 e. The molecule has 120 valence electrons. The van der Waals surface area contributed by atoms with E-state index < -0.39 is 12.0 Å². The quantitative estimate of drug-likeness (QED) is 0.819. The van der Waals surface area contributed by atoms with Crippen LogP contribution in [-0.4, -0.2) is 41.6 Å². The van der Waals surface area contributed by atoms with Crippen LogP contribution in [0.2, 0.25) is 0 Å². The highest BCUT2D eigenvalue weighted by Crippen LogP contribution is 2.27. The van der Waals surface area contributed by atoms with Crippen LogP contribution in [0.5, 0.6) is 0 Å². The Kier molecular flexibility index (Phi) is 5.88. The molecule has 0 radical (unpaired) electrons. The lowest BCUT2D eigenvalue weighted by Gasteiger charge is -2.30. The van der Waals surface area contributed by atoms with Crippen molar-refractivity contribution < 1.29 is 14.7 Å². The van der Waals surface area contributed by atoms with E-state index >= 15 is 0 Å². The third-order valence-corrected chi connectivity index (χ3v) is 5.02. The maximum atomic E-state index is 12.2. The molecule has 1 atom stereocenters. The topological polar surface area (TPSA) is 69.6 Å². The van der Waals surface area contributed by atoms with Crippen LogP contribution in [0.15, 0.2) is 0 Å². The molecule has 2 fully saturated rings. The van der Waals surface area contributed by atoms with Gasteiger partial charge in [0.05, 0.1) is 0 Å². The lowest BCUT2D eigenvalue weighted by Crippen LogP contribution is -2.51. The highest BCUT2D eigenvalue weighted by Gasteiger charge is 2.31. The van der Waals surface area contributed by atoms with Gasteiger partial charge >= 0.3 is 12.0 Å². The third kappa shape index (κ3) is 4.61. The number of aliphatic carboxylic acids is 1. The second-order valence-electron chi connectivity index (χ2n) is 6.69. The van der Waals surface area contributed by atoms with E-state index in [1.807, 2.05) is 0 Å². The van der Waals surface area contributed by atoms with E-state index in [4.69, 9.17) is 0 Å². The minimum absolute atomic E-state index is 0.0834.